The van der Waals surface area contributed by atoms with Gasteiger partial charge < -0.3 is 5.21 Å². The van der Waals surface area contributed by atoms with Crippen LogP contribution in [0.3, 0.4) is 0 Å². The lowest BCUT2D eigenvalue weighted by Gasteiger charge is -2.24. The molecular formula is C18H16N2O3. The van der Waals surface area contributed by atoms with Crippen molar-refractivity contribution < 1.29 is 14.5 Å². The van der Waals surface area contributed by atoms with E-state index >= 15 is 0 Å². The van der Waals surface area contributed by atoms with Gasteiger partial charge in [0.15, 0.2) is 0 Å². The summed E-state index contributed by atoms with van der Waals surface area (Å²) in [5, 5.41) is 13.6. The fraction of sp³-hybridized carbons (Fsp3) is 0.222. The Labute approximate surface area is 133 Å². The molecule has 0 aromatic heterocycles. The molecule has 23 heavy (non-hydrogen) atoms. The lowest BCUT2D eigenvalue weighted by molar-refractivity contribution is -0.722. The number of fused-ring (bicyclic) bond motifs is 1. The van der Waals surface area contributed by atoms with Crippen LogP contribution in [0.4, 0.5) is 0 Å². The van der Waals surface area contributed by atoms with Crippen LogP contribution in [0.1, 0.15) is 30.6 Å². The van der Waals surface area contributed by atoms with E-state index < -0.39 is 5.54 Å². The zero-order valence-corrected chi connectivity index (χ0v) is 12.7. The Morgan fingerprint density at radius 3 is 2.39 bits per heavy atom. The van der Waals surface area contributed by atoms with E-state index in [0.717, 1.165) is 11.1 Å². The van der Waals surface area contributed by atoms with Crippen molar-refractivity contribution in [2.45, 2.75) is 25.0 Å². The second-order valence-corrected chi connectivity index (χ2v) is 5.90. The van der Waals surface area contributed by atoms with Crippen LogP contribution in [-0.2, 0) is 15.2 Å². The molecule has 1 saturated heterocycles. The van der Waals surface area contributed by atoms with Gasteiger partial charge in [0.1, 0.15) is 6.10 Å². The topological polar surface area (TPSA) is 55.6 Å². The van der Waals surface area contributed by atoms with Crippen LogP contribution in [0.5, 0.6) is 0 Å². The van der Waals surface area contributed by atoms with Crippen molar-refractivity contribution in [1.82, 2.24) is 5.17 Å². The lowest BCUT2D eigenvalue weighted by atomic mass is 9.80. The number of hydrazine groups is 1. The first-order valence-electron chi connectivity index (χ1n) is 7.57. The molecule has 2 aliphatic rings. The van der Waals surface area contributed by atoms with Gasteiger partial charge in [-0.05, 0) is 16.3 Å². The van der Waals surface area contributed by atoms with E-state index in [2.05, 4.69) is 0 Å². The minimum Gasteiger partial charge on any atom is -0.594 e. The van der Waals surface area contributed by atoms with Gasteiger partial charge in [0.05, 0.1) is 0 Å². The number of benzene rings is 2. The fourth-order valence-electron chi connectivity index (χ4n) is 3.41. The molecule has 0 unspecified atom stereocenters. The molecule has 0 saturated carbocycles. The molecule has 2 aromatic rings. The maximum Gasteiger partial charge on any atom is 0.264 e. The quantitative estimate of drug-likeness (QED) is 0.632. The van der Waals surface area contributed by atoms with Crippen molar-refractivity contribution in [3.63, 3.8) is 0 Å². The molecule has 2 aliphatic heterocycles. The van der Waals surface area contributed by atoms with Crippen LogP contribution in [0.25, 0.3) is 0 Å². The van der Waals surface area contributed by atoms with Gasteiger partial charge in [0.2, 0.25) is 5.54 Å². The molecule has 0 spiro atoms. The van der Waals surface area contributed by atoms with Gasteiger partial charge >= 0.3 is 0 Å². The molecule has 5 heteroatoms. The number of hydrazone groups is 1. The maximum atomic E-state index is 12.9. The van der Waals surface area contributed by atoms with Crippen LogP contribution < -0.4 is 0 Å². The molecule has 2 aromatic carbocycles. The van der Waals surface area contributed by atoms with E-state index in [1.807, 2.05) is 60.7 Å². The predicted molar refractivity (Wildman–Crippen MR) is 84.2 cm³/mol. The maximum absolute atomic E-state index is 12.9. The first-order chi connectivity index (χ1) is 11.1. The highest BCUT2D eigenvalue weighted by Gasteiger charge is 2.65. The number of rotatable bonds is 2. The van der Waals surface area contributed by atoms with Gasteiger partial charge in [-0.25, -0.2) is 4.84 Å². The van der Waals surface area contributed by atoms with Crippen molar-refractivity contribution in [2.24, 2.45) is 0 Å². The fourth-order valence-corrected chi connectivity index (χ4v) is 3.41. The van der Waals surface area contributed by atoms with Crippen LogP contribution >= 0.6 is 0 Å². The Bertz CT molecular complexity index is 788. The number of nitrogens with zero attached hydrogens (tertiary/aromatic N) is 2. The number of Topliss-reactive ketones (excluding diaryl/α,β-unsaturated/α-hetero) is 1. The summed E-state index contributed by atoms with van der Waals surface area (Å²) >= 11 is 0. The number of hydroxylamine groups is 1. The molecule has 0 aliphatic carbocycles. The number of carbonyl (C=O) groups is 1. The minimum absolute atomic E-state index is 0.153. The average Bonchev–Trinajstić information content (AvgIpc) is 3.09. The van der Waals surface area contributed by atoms with E-state index in [4.69, 9.17) is 4.84 Å². The summed E-state index contributed by atoms with van der Waals surface area (Å²) < 4.78 is 0. The smallest absolute Gasteiger partial charge is 0.264 e. The summed E-state index contributed by atoms with van der Waals surface area (Å²) in [6, 6.07) is 19.0. The Kier molecular flexibility index (Phi) is 2.99. The Balaban J connectivity index is 1.83. The number of carbonyl (C=O) groups excluding carboxylic acids is 1. The average molecular weight is 308 g/mol. The molecule has 4 rings (SSSR count). The normalized spacial score (nSPS) is 26.7. The van der Waals surface area contributed by atoms with Crippen LogP contribution in [0.2, 0.25) is 0 Å². The zero-order chi connectivity index (χ0) is 16.0. The molecule has 2 heterocycles. The van der Waals surface area contributed by atoms with Gasteiger partial charge in [-0.3, -0.25) is 4.79 Å². The first kappa shape index (κ1) is 14.0. The molecule has 116 valence electrons. The third-order valence-corrected chi connectivity index (χ3v) is 4.61. The standard InChI is InChI=1S/C18H16N2O3/c1-13-17(21)18(15-10-6-3-7-11-15)12-16(23-20(18)19(13)22)14-8-4-2-5-9-14/h2-11,16H,12H2,1H3/t16-,18+/m0/s1. The van der Waals surface area contributed by atoms with E-state index in [1.54, 1.807) is 6.92 Å². The molecule has 0 N–H and O–H groups in total. The van der Waals surface area contributed by atoms with Crippen LogP contribution in [0, 0.1) is 5.21 Å². The number of hydrogen-bond donors (Lipinski definition) is 0. The largest absolute Gasteiger partial charge is 0.594 e. The molecule has 0 bridgehead atoms. The van der Waals surface area contributed by atoms with Crippen molar-refractivity contribution in [2.75, 3.05) is 0 Å². The summed E-state index contributed by atoms with van der Waals surface area (Å²) in [5.74, 6) is -0.197. The molecule has 2 atom stereocenters. The van der Waals surface area contributed by atoms with Gasteiger partial charge in [-0.15, -0.1) is 0 Å². The number of hydrogen-bond acceptors (Lipinski definition) is 4. The molecule has 5 nitrogen and oxygen atoms in total. The van der Waals surface area contributed by atoms with Gasteiger partial charge in [0.25, 0.3) is 11.5 Å². The predicted octanol–water partition coefficient (Wildman–Crippen LogP) is 2.73. The van der Waals surface area contributed by atoms with Crippen molar-refractivity contribution in [3.8, 4) is 0 Å². The van der Waals surface area contributed by atoms with Crippen LogP contribution in [0.15, 0.2) is 60.7 Å². The molecule has 0 radical (unpaired) electrons. The van der Waals surface area contributed by atoms with Gasteiger partial charge in [-0.1, -0.05) is 65.5 Å². The third kappa shape index (κ3) is 1.83. The Hall–Kier alpha value is -2.66. The highest BCUT2D eigenvalue weighted by atomic mass is 16.8. The van der Waals surface area contributed by atoms with Gasteiger partial charge in [0, 0.05) is 13.3 Å². The Morgan fingerprint density at radius 1 is 1.13 bits per heavy atom. The molecule has 0 amide bonds. The van der Waals surface area contributed by atoms with E-state index in [1.165, 1.54) is 5.17 Å². The summed E-state index contributed by atoms with van der Waals surface area (Å²) in [7, 11) is 0. The number of ketones is 1. The van der Waals surface area contributed by atoms with Gasteiger partial charge in [-0.2, -0.15) is 0 Å². The molecule has 1 fully saturated rings. The van der Waals surface area contributed by atoms with Crippen LogP contribution in [-0.4, -0.2) is 21.5 Å². The molecular weight excluding hydrogens is 292 g/mol. The highest BCUT2D eigenvalue weighted by Crippen LogP contribution is 2.49. The van der Waals surface area contributed by atoms with E-state index in [9.17, 15) is 10.0 Å². The zero-order valence-electron chi connectivity index (χ0n) is 12.7. The van der Waals surface area contributed by atoms with Crippen molar-refractivity contribution in [1.29, 1.82) is 0 Å². The summed E-state index contributed by atoms with van der Waals surface area (Å²) in [5.41, 5.74) is 0.811. The third-order valence-electron chi connectivity index (χ3n) is 4.61. The summed E-state index contributed by atoms with van der Waals surface area (Å²) in [4.78, 5) is 19.4. The summed E-state index contributed by atoms with van der Waals surface area (Å²) in [6.45, 7) is 1.54. The lowest BCUT2D eigenvalue weighted by Crippen LogP contribution is -2.43. The van der Waals surface area contributed by atoms with Crippen molar-refractivity contribution >= 4 is 11.5 Å². The highest BCUT2D eigenvalue weighted by molar-refractivity contribution is 6.41. The second-order valence-electron chi connectivity index (χ2n) is 5.90. The Morgan fingerprint density at radius 2 is 1.74 bits per heavy atom. The van der Waals surface area contributed by atoms with E-state index in [0.29, 0.717) is 11.3 Å². The van der Waals surface area contributed by atoms with E-state index in [-0.39, 0.29) is 17.6 Å². The minimum atomic E-state index is -1.08. The monoisotopic (exact) mass is 308 g/mol. The SMILES string of the molecule is CC1=[N+]([O-])N2O[C@H](c3ccccc3)C[C@@]2(c2ccccc2)C1=O. The second kappa shape index (κ2) is 4.93. The first-order valence-corrected chi connectivity index (χ1v) is 7.57. The summed E-state index contributed by atoms with van der Waals surface area (Å²) in [6.07, 6.45) is 0.0838. The van der Waals surface area contributed by atoms with Crippen molar-refractivity contribution in [3.05, 3.63) is 77.0 Å².